The van der Waals surface area contributed by atoms with Crippen molar-refractivity contribution in [1.29, 1.82) is 0 Å². The Bertz CT molecular complexity index is 485. The topological polar surface area (TPSA) is 92.5 Å². The Kier molecular flexibility index (Phi) is 4.25. The molecular weight excluding hydrogens is 236 g/mol. The van der Waals surface area contributed by atoms with Gasteiger partial charge in [0.2, 0.25) is 0 Å². The van der Waals surface area contributed by atoms with Crippen LogP contribution in [0.4, 0.5) is 11.4 Å². The Labute approximate surface area is 105 Å². The number of carboxylic acids is 1. The third kappa shape index (κ3) is 2.97. The zero-order chi connectivity index (χ0) is 13.9. The summed E-state index contributed by atoms with van der Waals surface area (Å²) in [5.41, 5.74) is 1.83. The molecule has 0 aliphatic carbocycles. The van der Waals surface area contributed by atoms with Gasteiger partial charge in [-0.3, -0.25) is 10.1 Å². The zero-order valence-electron chi connectivity index (χ0n) is 10.6. The van der Waals surface area contributed by atoms with Crippen LogP contribution in [0.1, 0.15) is 24.5 Å². The SMILES string of the molecule is CCC(Nc1cc(C)c([N+](=O)[O-])cc1C)C(=O)O. The lowest BCUT2D eigenvalue weighted by molar-refractivity contribution is -0.385. The van der Waals surface area contributed by atoms with Crippen molar-refractivity contribution in [2.75, 3.05) is 5.32 Å². The fourth-order valence-corrected chi connectivity index (χ4v) is 1.68. The smallest absolute Gasteiger partial charge is 0.326 e. The van der Waals surface area contributed by atoms with Crippen LogP contribution in [-0.2, 0) is 4.79 Å². The van der Waals surface area contributed by atoms with Crippen molar-refractivity contribution in [3.8, 4) is 0 Å². The molecule has 0 amide bonds. The van der Waals surface area contributed by atoms with E-state index in [2.05, 4.69) is 5.32 Å². The van der Waals surface area contributed by atoms with Crippen molar-refractivity contribution in [2.45, 2.75) is 33.2 Å². The lowest BCUT2D eigenvalue weighted by Crippen LogP contribution is -2.28. The molecule has 98 valence electrons. The Morgan fingerprint density at radius 1 is 1.44 bits per heavy atom. The van der Waals surface area contributed by atoms with Crippen LogP contribution in [0.3, 0.4) is 0 Å². The van der Waals surface area contributed by atoms with Gasteiger partial charge in [-0.25, -0.2) is 4.79 Å². The standard InChI is InChI=1S/C12H16N2O4/c1-4-9(12(15)16)13-10-5-8(3)11(14(17)18)6-7(10)2/h5-6,9,13H,4H2,1-3H3,(H,15,16). The molecule has 1 atom stereocenters. The summed E-state index contributed by atoms with van der Waals surface area (Å²) in [6.07, 6.45) is 0.435. The Balaban J connectivity index is 3.08. The summed E-state index contributed by atoms with van der Waals surface area (Å²) in [5.74, 6) is -0.937. The van der Waals surface area contributed by atoms with E-state index >= 15 is 0 Å². The first-order chi connectivity index (χ1) is 8.36. The van der Waals surface area contributed by atoms with Crippen molar-refractivity contribution in [3.05, 3.63) is 33.4 Å². The zero-order valence-corrected chi connectivity index (χ0v) is 10.6. The number of aliphatic carboxylic acids is 1. The van der Waals surface area contributed by atoms with Crippen molar-refractivity contribution < 1.29 is 14.8 Å². The van der Waals surface area contributed by atoms with Crippen LogP contribution in [-0.4, -0.2) is 22.0 Å². The van der Waals surface area contributed by atoms with E-state index < -0.39 is 16.9 Å². The molecule has 6 nitrogen and oxygen atoms in total. The number of hydrogen-bond donors (Lipinski definition) is 2. The van der Waals surface area contributed by atoms with Gasteiger partial charge in [-0.1, -0.05) is 6.92 Å². The number of benzene rings is 1. The van der Waals surface area contributed by atoms with E-state index in [4.69, 9.17) is 5.11 Å². The summed E-state index contributed by atoms with van der Waals surface area (Å²) in [4.78, 5) is 21.3. The van der Waals surface area contributed by atoms with Gasteiger partial charge in [0.1, 0.15) is 6.04 Å². The maximum atomic E-state index is 10.9. The van der Waals surface area contributed by atoms with Crippen LogP contribution in [0, 0.1) is 24.0 Å². The minimum absolute atomic E-state index is 0.0430. The van der Waals surface area contributed by atoms with Gasteiger partial charge in [-0.05, 0) is 31.9 Å². The quantitative estimate of drug-likeness (QED) is 0.620. The molecule has 0 bridgehead atoms. The highest BCUT2D eigenvalue weighted by Gasteiger charge is 2.18. The van der Waals surface area contributed by atoms with E-state index in [1.165, 1.54) is 6.07 Å². The predicted octanol–water partition coefficient (Wildman–Crippen LogP) is 2.49. The molecule has 1 unspecified atom stereocenters. The first kappa shape index (κ1) is 14.0. The molecule has 2 N–H and O–H groups in total. The molecule has 1 aromatic carbocycles. The molecule has 1 aromatic rings. The summed E-state index contributed by atoms with van der Waals surface area (Å²) in [6.45, 7) is 5.10. The maximum Gasteiger partial charge on any atom is 0.326 e. The number of nitrogens with one attached hydrogen (secondary N) is 1. The summed E-state index contributed by atoms with van der Waals surface area (Å²) in [5, 5.41) is 22.6. The van der Waals surface area contributed by atoms with Crippen LogP contribution in [0.25, 0.3) is 0 Å². The molecular formula is C12H16N2O4. The third-order valence-electron chi connectivity index (χ3n) is 2.78. The molecule has 0 aliphatic rings. The van der Waals surface area contributed by atoms with Crippen molar-refractivity contribution in [1.82, 2.24) is 0 Å². The molecule has 0 saturated heterocycles. The fourth-order valence-electron chi connectivity index (χ4n) is 1.68. The lowest BCUT2D eigenvalue weighted by atomic mass is 10.1. The number of nitro benzene ring substituents is 1. The summed E-state index contributed by atoms with van der Waals surface area (Å²) >= 11 is 0. The number of carboxylic acid groups (broad SMARTS) is 1. The average Bonchev–Trinajstić information content (AvgIpc) is 2.28. The number of aryl methyl sites for hydroxylation is 2. The number of rotatable bonds is 5. The number of anilines is 1. The van der Waals surface area contributed by atoms with Crippen LogP contribution in [0.5, 0.6) is 0 Å². The molecule has 18 heavy (non-hydrogen) atoms. The molecule has 0 fully saturated rings. The van der Waals surface area contributed by atoms with Crippen molar-refractivity contribution in [2.24, 2.45) is 0 Å². The molecule has 0 radical (unpaired) electrons. The van der Waals surface area contributed by atoms with Gasteiger partial charge in [0.25, 0.3) is 5.69 Å². The molecule has 0 spiro atoms. The predicted molar refractivity (Wildman–Crippen MR) is 67.9 cm³/mol. The number of nitro groups is 1. The van der Waals surface area contributed by atoms with Crippen LogP contribution < -0.4 is 5.32 Å². The van der Waals surface area contributed by atoms with Gasteiger partial charge < -0.3 is 10.4 Å². The Morgan fingerprint density at radius 2 is 2.06 bits per heavy atom. The second-order valence-electron chi connectivity index (χ2n) is 4.15. The first-order valence-electron chi connectivity index (χ1n) is 5.61. The first-order valence-corrected chi connectivity index (χ1v) is 5.61. The molecule has 0 heterocycles. The second kappa shape index (κ2) is 5.48. The Hall–Kier alpha value is -2.11. The largest absolute Gasteiger partial charge is 0.480 e. The number of carbonyl (C=O) groups is 1. The molecule has 0 aliphatic heterocycles. The van der Waals surface area contributed by atoms with E-state index in [1.54, 1.807) is 26.8 Å². The highest BCUT2D eigenvalue weighted by Crippen LogP contribution is 2.26. The number of hydrogen-bond acceptors (Lipinski definition) is 4. The van der Waals surface area contributed by atoms with Crippen LogP contribution >= 0.6 is 0 Å². The molecule has 0 saturated carbocycles. The van der Waals surface area contributed by atoms with Gasteiger partial charge in [0.15, 0.2) is 0 Å². The minimum Gasteiger partial charge on any atom is -0.480 e. The van der Waals surface area contributed by atoms with E-state index in [0.29, 0.717) is 23.2 Å². The third-order valence-corrected chi connectivity index (χ3v) is 2.78. The summed E-state index contributed by atoms with van der Waals surface area (Å²) in [6, 6.07) is 2.37. The highest BCUT2D eigenvalue weighted by atomic mass is 16.6. The summed E-state index contributed by atoms with van der Waals surface area (Å²) < 4.78 is 0. The maximum absolute atomic E-state index is 10.9. The van der Waals surface area contributed by atoms with Gasteiger partial charge in [-0.2, -0.15) is 0 Å². The molecule has 1 rings (SSSR count). The van der Waals surface area contributed by atoms with E-state index in [9.17, 15) is 14.9 Å². The van der Waals surface area contributed by atoms with Gasteiger partial charge in [0.05, 0.1) is 4.92 Å². The normalized spacial score (nSPS) is 11.9. The van der Waals surface area contributed by atoms with Crippen LogP contribution in [0.2, 0.25) is 0 Å². The van der Waals surface area contributed by atoms with Gasteiger partial charge in [-0.15, -0.1) is 0 Å². The second-order valence-corrected chi connectivity index (χ2v) is 4.15. The minimum atomic E-state index is -0.937. The number of nitrogens with zero attached hydrogens (tertiary/aromatic N) is 1. The average molecular weight is 252 g/mol. The fraction of sp³-hybridized carbons (Fsp3) is 0.417. The summed E-state index contributed by atoms with van der Waals surface area (Å²) in [7, 11) is 0. The highest BCUT2D eigenvalue weighted by molar-refractivity contribution is 5.78. The van der Waals surface area contributed by atoms with Crippen LogP contribution in [0.15, 0.2) is 12.1 Å². The lowest BCUT2D eigenvalue weighted by Gasteiger charge is -2.16. The van der Waals surface area contributed by atoms with Crippen molar-refractivity contribution >= 4 is 17.3 Å². The van der Waals surface area contributed by atoms with Gasteiger partial charge in [0, 0.05) is 17.3 Å². The molecule has 0 aromatic heterocycles. The van der Waals surface area contributed by atoms with E-state index in [0.717, 1.165) is 0 Å². The van der Waals surface area contributed by atoms with Crippen molar-refractivity contribution in [3.63, 3.8) is 0 Å². The van der Waals surface area contributed by atoms with E-state index in [1.807, 2.05) is 0 Å². The monoisotopic (exact) mass is 252 g/mol. The van der Waals surface area contributed by atoms with E-state index in [-0.39, 0.29) is 5.69 Å². The van der Waals surface area contributed by atoms with Gasteiger partial charge >= 0.3 is 5.97 Å². The Morgan fingerprint density at radius 3 is 2.50 bits per heavy atom. The molecule has 6 heteroatoms.